The maximum atomic E-state index is 12.7. The number of rotatable bonds is 8. The molecule has 0 atom stereocenters. The number of carbonyl (C=O) groups excluding carboxylic acids is 2. The summed E-state index contributed by atoms with van der Waals surface area (Å²) in [5, 5.41) is 2.92. The summed E-state index contributed by atoms with van der Waals surface area (Å²) in [6.07, 6.45) is 4.84. The van der Waals surface area contributed by atoms with E-state index in [9.17, 15) is 9.59 Å². The number of thiocarbonyl (C=S) groups is 1. The molecule has 0 bridgehead atoms. The van der Waals surface area contributed by atoms with Gasteiger partial charge in [-0.05, 0) is 72.2 Å². The SMILES string of the molecule is Cc1ccc(C=C2SC(=S)N(CCCCCC(=O)Nc3cccc(I)c3)C2=O)cc1. The second-order valence-corrected chi connectivity index (χ2v) is 10.0. The van der Waals surface area contributed by atoms with Crippen molar-refractivity contribution < 1.29 is 9.59 Å². The molecular formula is C23H23IN2O2S2. The Labute approximate surface area is 200 Å². The molecule has 2 amide bonds. The minimum absolute atomic E-state index is 0.0173. The quantitative estimate of drug-likeness (QED) is 0.190. The van der Waals surface area contributed by atoms with E-state index in [0.29, 0.717) is 22.2 Å². The van der Waals surface area contributed by atoms with Crippen LogP contribution in [0.15, 0.2) is 53.4 Å². The lowest BCUT2D eigenvalue weighted by Gasteiger charge is -2.14. The number of amides is 2. The molecule has 1 aliphatic rings. The second-order valence-electron chi connectivity index (χ2n) is 7.11. The van der Waals surface area contributed by atoms with E-state index in [0.717, 1.165) is 34.1 Å². The number of halogens is 1. The highest BCUT2D eigenvalue weighted by Gasteiger charge is 2.31. The summed E-state index contributed by atoms with van der Waals surface area (Å²) < 4.78 is 1.69. The molecule has 1 heterocycles. The van der Waals surface area contributed by atoms with Crippen LogP contribution in [-0.2, 0) is 9.59 Å². The first-order chi connectivity index (χ1) is 14.4. The molecule has 1 fully saturated rings. The van der Waals surface area contributed by atoms with E-state index in [4.69, 9.17) is 12.2 Å². The van der Waals surface area contributed by atoms with Gasteiger partial charge in [0, 0.05) is 22.2 Å². The number of hydrogen-bond donors (Lipinski definition) is 1. The van der Waals surface area contributed by atoms with Crippen molar-refractivity contribution in [2.45, 2.75) is 32.6 Å². The van der Waals surface area contributed by atoms with Crippen molar-refractivity contribution in [1.29, 1.82) is 0 Å². The second kappa shape index (κ2) is 11.1. The van der Waals surface area contributed by atoms with Crippen LogP contribution in [0.25, 0.3) is 6.08 Å². The molecule has 0 radical (unpaired) electrons. The Kier molecular flexibility index (Phi) is 8.47. The summed E-state index contributed by atoms with van der Waals surface area (Å²) >= 11 is 8.98. The summed E-state index contributed by atoms with van der Waals surface area (Å²) in [5.41, 5.74) is 3.01. The topological polar surface area (TPSA) is 49.4 Å². The Balaban J connectivity index is 1.41. The number of thioether (sulfide) groups is 1. The average molecular weight is 550 g/mol. The highest BCUT2D eigenvalue weighted by Crippen LogP contribution is 2.32. The van der Waals surface area contributed by atoms with E-state index in [1.165, 1.54) is 17.3 Å². The van der Waals surface area contributed by atoms with Crippen LogP contribution in [0, 0.1) is 10.5 Å². The normalized spacial score (nSPS) is 15.1. The number of anilines is 1. The predicted octanol–water partition coefficient (Wildman–Crippen LogP) is 6.00. The molecule has 7 heteroatoms. The van der Waals surface area contributed by atoms with Gasteiger partial charge < -0.3 is 5.32 Å². The molecule has 156 valence electrons. The molecule has 2 aromatic carbocycles. The number of aryl methyl sites for hydroxylation is 1. The lowest BCUT2D eigenvalue weighted by atomic mass is 10.1. The number of carbonyl (C=O) groups is 2. The van der Waals surface area contributed by atoms with Gasteiger partial charge in [0.25, 0.3) is 5.91 Å². The number of unbranched alkanes of at least 4 members (excludes halogenated alkanes) is 2. The maximum absolute atomic E-state index is 12.7. The van der Waals surface area contributed by atoms with Gasteiger partial charge in [0.1, 0.15) is 4.32 Å². The largest absolute Gasteiger partial charge is 0.326 e. The van der Waals surface area contributed by atoms with Crippen LogP contribution in [0.4, 0.5) is 5.69 Å². The fourth-order valence-electron chi connectivity index (χ4n) is 3.03. The first-order valence-corrected chi connectivity index (χ1v) is 12.1. The van der Waals surface area contributed by atoms with Crippen molar-refractivity contribution in [2.24, 2.45) is 0 Å². The summed E-state index contributed by atoms with van der Waals surface area (Å²) in [5.74, 6) is -0.00867. The van der Waals surface area contributed by atoms with Crippen molar-refractivity contribution in [3.05, 3.63) is 68.1 Å². The molecule has 0 aromatic heterocycles. The smallest absolute Gasteiger partial charge is 0.266 e. The molecule has 4 nitrogen and oxygen atoms in total. The Bertz CT molecular complexity index is 973. The Morgan fingerprint density at radius 1 is 1.17 bits per heavy atom. The highest BCUT2D eigenvalue weighted by molar-refractivity contribution is 14.1. The Morgan fingerprint density at radius 2 is 1.93 bits per heavy atom. The van der Waals surface area contributed by atoms with Gasteiger partial charge in [0.05, 0.1) is 4.91 Å². The Hall–Kier alpha value is -1.71. The number of hydrogen-bond acceptors (Lipinski definition) is 4. The van der Waals surface area contributed by atoms with E-state index in [1.54, 1.807) is 4.90 Å². The van der Waals surface area contributed by atoms with E-state index in [2.05, 4.69) is 27.9 Å². The summed E-state index contributed by atoms with van der Waals surface area (Å²) in [6, 6.07) is 15.8. The van der Waals surface area contributed by atoms with Gasteiger partial charge in [-0.1, -0.05) is 66.3 Å². The zero-order chi connectivity index (χ0) is 21.5. The zero-order valence-electron chi connectivity index (χ0n) is 16.7. The molecule has 0 spiro atoms. The molecule has 30 heavy (non-hydrogen) atoms. The summed E-state index contributed by atoms with van der Waals surface area (Å²) in [4.78, 5) is 27.1. The van der Waals surface area contributed by atoms with Crippen LogP contribution in [-0.4, -0.2) is 27.6 Å². The summed E-state index contributed by atoms with van der Waals surface area (Å²) in [6.45, 7) is 2.63. The third-order valence-electron chi connectivity index (χ3n) is 4.64. The predicted molar refractivity (Wildman–Crippen MR) is 137 cm³/mol. The van der Waals surface area contributed by atoms with Crippen LogP contribution < -0.4 is 5.32 Å². The van der Waals surface area contributed by atoms with Crippen molar-refractivity contribution in [1.82, 2.24) is 4.90 Å². The molecule has 3 rings (SSSR count). The van der Waals surface area contributed by atoms with Gasteiger partial charge in [-0.25, -0.2) is 0 Å². The van der Waals surface area contributed by atoms with E-state index < -0.39 is 0 Å². The van der Waals surface area contributed by atoms with Crippen LogP contribution >= 0.6 is 46.6 Å². The molecule has 1 N–H and O–H groups in total. The van der Waals surface area contributed by atoms with Gasteiger partial charge >= 0.3 is 0 Å². The monoisotopic (exact) mass is 550 g/mol. The number of benzene rings is 2. The van der Waals surface area contributed by atoms with Gasteiger partial charge in [-0.15, -0.1) is 0 Å². The standard InChI is InChI=1S/C23H23IN2O2S2/c1-16-9-11-17(12-10-16)14-20-22(28)26(23(29)30-20)13-4-2-3-8-21(27)25-19-7-5-6-18(24)15-19/h5-7,9-12,14-15H,2-4,8,13H2,1H3,(H,25,27). The average Bonchev–Trinajstić information content (AvgIpc) is 2.96. The van der Waals surface area contributed by atoms with Gasteiger partial charge in [-0.3, -0.25) is 14.5 Å². The third kappa shape index (κ3) is 6.65. The van der Waals surface area contributed by atoms with Crippen LogP contribution in [0.1, 0.15) is 36.8 Å². The molecule has 0 saturated carbocycles. The number of nitrogens with zero attached hydrogens (tertiary/aromatic N) is 1. The van der Waals surface area contributed by atoms with E-state index >= 15 is 0 Å². The zero-order valence-corrected chi connectivity index (χ0v) is 20.5. The van der Waals surface area contributed by atoms with Crippen molar-refractivity contribution in [3.8, 4) is 0 Å². The minimum Gasteiger partial charge on any atom is -0.326 e. The maximum Gasteiger partial charge on any atom is 0.266 e. The fraction of sp³-hybridized carbons (Fsp3) is 0.261. The molecule has 0 unspecified atom stereocenters. The van der Waals surface area contributed by atoms with Crippen molar-refractivity contribution in [3.63, 3.8) is 0 Å². The molecule has 0 aliphatic carbocycles. The van der Waals surface area contributed by atoms with Gasteiger partial charge in [-0.2, -0.15) is 0 Å². The van der Waals surface area contributed by atoms with E-state index in [-0.39, 0.29) is 11.8 Å². The van der Waals surface area contributed by atoms with Crippen molar-refractivity contribution in [2.75, 3.05) is 11.9 Å². The Morgan fingerprint density at radius 3 is 2.67 bits per heavy atom. The highest BCUT2D eigenvalue weighted by atomic mass is 127. The first-order valence-electron chi connectivity index (χ1n) is 9.80. The first kappa shape index (κ1) is 23.0. The van der Waals surface area contributed by atoms with Gasteiger partial charge in [0.15, 0.2) is 0 Å². The lowest BCUT2D eigenvalue weighted by Crippen LogP contribution is -2.29. The van der Waals surface area contributed by atoms with Crippen LogP contribution in [0.3, 0.4) is 0 Å². The fourth-order valence-corrected chi connectivity index (χ4v) is 4.88. The van der Waals surface area contributed by atoms with Crippen LogP contribution in [0.2, 0.25) is 0 Å². The molecule has 1 saturated heterocycles. The minimum atomic E-state index is -0.0259. The molecule has 2 aromatic rings. The lowest BCUT2D eigenvalue weighted by molar-refractivity contribution is -0.122. The third-order valence-corrected chi connectivity index (χ3v) is 6.69. The summed E-state index contributed by atoms with van der Waals surface area (Å²) in [7, 11) is 0. The number of nitrogens with one attached hydrogen (secondary N) is 1. The van der Waals surface area contributed by atoms with Crippen molar-refractivity contribution >= 4 is 74.5 Å². The molecule has 1 aliphatic heterocycles. The van der Waals surface area contributed by atoms with Gasteiger partial charge in [0.2, 0.25) is 5.91 Å². The molecular weight excluding hydrogens is 527 g/mol. The van der Waals surface area contributed by atoms with E-state index in [1.807, 2.05) is 61.5 Å². The van der Waals surface area contributed by atoms with Crippen LogP contribution in [0.5, 0.6) is 0 Å².